The highest BCUT2D eigenvalue weighted by molar-refractivity contribution is 5.18. The summed E-state index contributed by atoms with van der Waals surface area (Å²) in [6.45, 7) is 8.57. The second-order valence-corrected chi connectivity index (χ2v) is 6.78. The van der Waals surface area contributed by atoms with Crippen LogP contribution in [0.2, 0.25) is 0 Å². The number of fused-ring (bicyclic) bond motifs is 1. The van der Waals surface area contributed by atoms with Crippen molar-refractivity contribution in [2.24, 2.45) is 5.92 Å². The number of piperazine rings is 1. The van der Waals surface area contributed by atoms with Crippen LogP contribution >= 0.6 is 0 Å². The molecule has 0 spiro atoms. The second-order valence-electron chi connectivity index (χ2n) is 6.78. The lowest BCUT2D eigenvalue weighted by Crippen LogP contribution is -2.57. The third-order valence-corrected chi connectivity index (χ3v) is 4.97. The van der Waals surface area contributed by atoms with Gasteiger partial charge < -0.3 is 0 Å². The summed E-state index contributed by atoms with van der Waals surface area (Å²) in [5.41, 5.74) is 0.867. The average Bonchev–Trinajstić information content (AvgIpc) is 2.89. The maximum Gasteiger partial charge on any atom is 0.159 e. The molecule has 1 aromatic carbocycles. The topological polar surface area (TPSA) is 6.48 Å². The first-order valence-corrected chi connectivity index (χ1v) is 7.96. The van der Waals surface area contributed by atoms with Gasteiger partial charge in [-0.15, -0.1) is 0 Å². The molecule has 1 aromatic rings. The van der Waals surface area contributed by atoms with Crippen molar-refractivity contribution in [3.8, 4) is 0 Å². The molecule has 21 heavy (non-hydrogen) atoms. The molecule has 0 bridgehead atoms. The van der Waals surface area contributed by atoms with E-state index in [9.17, 15) is 8.78 Å². The standard InChI is InChI=1S/C17H24F2N2/c1-12(2)17-11-20-7-3-4-14(20)10-21(17)9-13-5-6-15(18)16(19)8-13/h5-6,8,12,14,17H,3-4,7,9-11H2,1-2H3. The first-order valence-electron chi connectivity index (χ1n) is 7.96. The highest BCUT2D eigenvalue weighted by Gasteiger charge is 2.37. The number of rotatable bonds is 3. The lowest BCUT2D eigenvalue weighted by Gasteiger charge is -2.45. The van der Waals surface area contributed by atoms with Gasteiger partial charge in [0.05, 0.1) is 0 Å². The SMILES string of the molecule is CC(C)C1CN2CCCC2CN1Cc1ccc(F)c(F)c1. The molecule has 2 saturated heterocycles. The Hall–Kier alpha value is -1.00. The Labute approximate surface area is 125 Å². The summed E-state index contributed by atoms with van der Waals surface area (Å²) >= 11 is 0. The van der Waals surface area contributed by atoms with Gasteiger partial charge in [0.25, 0.3) is 0 Å². The Morgan fingerprint density at radius 1 is 1.19 bits per heavy atom. The molecule has 2 aliphatic rings. The number of halogens is 2. The third-order valence-electron chi connectivity index (χ3n) is 4.97. The summed E-state index contributed by atoms with van der Waals surface area (Å²) in [6, 6.07) is 5.42. The molecule has 2 atom stereocenters. The minimum Gasteiger partial charge on any atom is -0.298 e. The van der Waals surface area contributed by atoms with Crippen LogP contribution in [0.5, 0.6) is 0 Å². The molecule has 0 radical (unpaired) electrons. The number of hydrogen-bond acceptors (Lipinski definition) is 2. The lowest BCUT2D eigenvalue weighted by atomic mass is 9.96. The smallest absolute Gasteiger partial charge is 0.159 e. The molecule has 2 nitrogen and oxygen atoms in total. The van der Waals surface area contributed by atoms with Gasteiger partial charge in [0.15, 0.2) is 11.6 Å². The molecule has 4 heteroatoms. The quantitative estimate of drug-likeness (QED) is 0.844. The predicted molar refractivity (Wildman–Crippen MR) is 80.0 cm³/mol. The maximum absolute atomic E-state index is 13.4. The van der Waals surface area contributed by atoms with E-state index in [1.807, 2.05) is 0 Å². The summed E-state index contributed by atoms with van der Waals surface area (Å²) in [5.74, 6) is -0.940. The van der Waals surface area contributed by atoms with Gasteiger partial charge in [-0.1, -0.05) is 19.9 Å². The van der Waals surface area contributed by atoms with Gasteiger partial charge in [-0.2, -0.15) is 0 Å². The fourth-order valence-electron chi connectivity index (χ4n) is 3.79. The van der Waals surface area contributed by atoms with Gasteiger partial charge in [0.2, 0.25) is 0 Å². The molecule has 0 aromatic heterocycles. The summed E-state index contributed by atoms with van der Waals surface area (Å²) in [6.07, 6.45) is 2.55. The van der Waals surface area contributed by atoms with E-state index in [-0.39, 0.29) is 0 Å². The van der Waals surface area contributed by atoms with E-state index in [1.54, 1.807) is 6.07 Å². The Kier molecular flexibility index (Phi) is 4.27. The normalized spacial score (nSPS) is 27.3. The zero-order valence-electron chi connectivity index (χ0n) is 12.9. The van der Waals surface area contributed by atoms with Gasteiger partial charge in [-0.25, -0.2) is 8.78 Å². The van der Waals surface area contributed by atoms with Gasteiger partial charge in [-0.3, -0.25) is 9.80 Å². The van der Waals surface area contributed by atoms with E-state index >= 15 is 0 Å². The largest absolute Gasteiger partial charge is 0.298 e. The molecule has 116 valence electrons. The van der Waals surface area contributed by atoms with Crippen molar-refractivity contribution in [1.82, 2.24) is 9.80 Å². The van der Waals surface area contributed by atoms with E-state index in [0.29, 0.717) is 24.5 Å². The first-order chi connectivity index (χ1) is 10.0. The van der Waals surface area contributed by atoms with Crippen molar-refractivity contribution in [3.05, 3.63) is 35.4 Å². The number of benzene rings is 1. The molecule has 0 N–H and O–H groups in total. The van der Waals surface area contributed by atoms with E-state index in [0.717, 1.165) is 18.7 Å². The van der Waals surface area contributed by atoms with Gasteiger partial charge in [-0.05, 0) is 43.0 Å². The summed E-state index contributed by atoms with van der Waals surface area (Å²) < 4.78 is 26.5. The average molecular weight is 294 g/mol. The number of hydrogen-bond donors (Lipinski definition) is 0. The molecule has 0 saturated carbocycles. The summed E-state index contributed by atoms with van der Waals surface area (Å²) in [4.78, 5) is 5.07. The van der Waals surface area contributed by atoms with Crippen molar-refractivity contribution in [2.75, 3.05) is 19.6 Å². The zero-order valence-corrected chi connectivity index (χ0v) is 12.9. The van der Waals surface area contributed by atoms with Crippen LogP contribution in [-0.2, 0) is 6.54 Å². The van der Waals surface area contributed by atoms with Crippen molar-refractivity contribution < 1.29 is 8.78 Å². The van der Waals surface area contributed by atoms with Crippen molar-refractivity contribution >= 4 is 0 Å². The lowest BCUT2D eigenvalue weighted by molar-refractivity contribution is 0.0238. The summed E-state index contributed by atoms with van der Waals surface area (Å²) in [5, 5.41) is 0. The Balaban J connectivity index is 1.76. The highest BCUT2D eigenvalue weighted by atomic mass is 19.2. The minimum absolute atomic E-state index is 0.493. The van der Waals surface area contributed by atoms with Crippen LogP contribution in [0, 0.1) is 17.6 Å². The van der Waals surface area contributed by atoms with E-state index < -0.39 is 11.6 Å². The zero-order chi connectivity index (χ0) is 15.0. The Morgan fingerprint density at radius 3 is 2.71 bits per heavy atom. The van der Waals surface area contributed by atoms with Crippen LogP contribution in [0.3, 0.4) is 0 Å². The molecular weight excluding hydrogens is 270 g/mol. The molecule has 2 aliphatic heterocycles. The molecule has 0 amide bonds. The fourth-order valence-corrected chi connectivity index (χ4v) is 3.79. The van der Waals surface area contributed by atoms with Crippen LogP contribution < -0.4 is 0 Å². The van der Waals surface area contributed by atoms with Gasteiger partial charge in [0, 0.05) is 31.7 Å². The van der Waals surface area contributed by atoms with Crippen LogP contribution in [0.1, 0.15) is 32.3 Å². The molecule has 3 rings (SSSR count). The van der Waals surface area contributed by atoms with Crippen LogP contribution in [0.15, 0.2) is 18.2 Å². The van der Waals surface area contributed by atoms with Crippen LogP contribution in [0.25, 0.3) is 0 Å². The molecule has 2 fully saturated rings. The molecule has 2 heterocycles. The van der Waals surface area contributed by atoms with Crippen molar-refractivity contribution in [3.63, 3.8) is 0 Å². The monoisotopic (exact) mass is 294 g/mol. The van der Waals surface area contributed by atoms with E-state index in [2.05, 4.69) is 23.6 Å². The van der Waals surface area contributed by atoms with E-state index in [1.165, 1.54) is 31.5 Å². The molecule has 0 aliphatic carbocycles. The van der Waals surface area contributed by atoms with Gasteiger partial charge in [0.1, 0.15) is 0 Å². The van der Waals surface area contributed by atoms with Crippen molar-refractivity contribution in [1.29, 1.82) is 0 Å². The van der Waals surface area contributed by atoms with Gasteiger partial charge >= 0.3 is 0 Å². The minimum atomic E-state index is -0.764. The highest BCUT2D eigenvalue weighted by Crippen LogP contribution is 2.28. The maximum atomic E-state index is 13.4. The predicted octanol–water partition coefficient (Wildman–Crippen LogP) is 3.27. The Bertz CT molecular complexity index is 504. The van der Waals surface area contributed by atoms with Crippen LogP contribution in [0.4, 0.5) is 8.78 Å². The Morgan fingerprint density at radius 2 is 2.00 bits per heavy atom. The van der Waals surface area contributed by atoms with E-state index in [4.69, 9.17) is 0 Å². The fraction of sp³-hybridized carbons (Fsp3) is 0.647. The molecule has 2 unspecified atom stereocenters. The first kappa shape index (κ1) is 14.9. The van der Waals surface area contributed by atoms with Crippen LogP contribution in [-0.4, -0.2) is 41.5 Å². The number of nitrogens with zero attached hydrogens (tertiary/aromatic N) is 2. The molecular formula is C17H24F2N2. The summed E-state index contributed by atoms with van der Waals surface area (Å²) in [7, 11) is 0. The third kappa shape index (κ3) is 3.11. The second kappa shape index (κ2) is 6.01. The van der Waals surface area contributed by atoms with Crippen molar-refractivity contribution in [2.45, 2.75) is 45.3 Å².